The van der Waals surface area contributed by atoms with Gasteiger partial charge < -0.3 is 25.6 Å². The van der Waals surface area contributed by atoms with Crippen molar-refractivity contribution in [3.8, 4) is 5.75 Å². The molecule has 2 fully saturated rings. The summed E-state index contributed by atoms with van der Waals surface area (Å²) in [5.74, 6) is 1.23. The van der Waals surface area contributed by atoms with E-state index in [4.69, 9.17) is 4.74 Å². The molecule has 8 nitrogen and oxygen atoms in total. The first-order valence-corrected chi connectivity index (χ1v) is 12.3. The van der Waals surface area contributed by atoms with E-state index >= 15 is 0 Å². The quantitative estimate of drug-likeness (QED) is 0.347. The number of nitrogens with zero attached hydrogens (tertiary/aromatic N) is 4. The lowest BCUT2D eigenvalue weighted by molar-refractivity contribution is 0.337. The monoisotopic (exact) mass is 457 g/mol. The lowest BCUT2D eigenvalue weighted by Gasteiger charge is -2.18. The number of hydrogen-bond acceptors (Lipinski definition) is 8. The molecule has 1 aromatic carbocycles. The molecule has 0 atom stereocenters. The van der Waals surface area contributed by atoms with Gasteiger partial charge in [0.1, 0.15) is 0 Å². The number of likely N-dealkylation sites (tertiary alicyclic amines) is 1. The molecule has 33 heavy (non-hydrogen) atoms. The van der Waals surface area contributed by atoms with Gasteiger partial charge in [-0.15, -0.1) is 0 Å². The second kappa shape index (κ2) is 12.0. The largest absolute Gasteiger partial charge is 0.494 e. The number of ether oxygens (including phenoxy) is 1. The summed E-state index contributed by atoms with van der Waals surface area (Å²) in [6, 6.07) is 5.07. The van der Waals surface area contributed by atoms with Crippen LogP contribution in [0, 0.1) is 5.82 Å². The van der Waals surface area contributed by atoms with Crippen LogP contribution in [-0.4, -0.2) is 59.2 Å². The Morgan fingerprint density at radius 3 is 2.42 bits per heavy atom. The third kappa shape index (κ3) is 7.15. The summed E-state index contributed by atoms with van der Waals surface area (Å²) in [7, 11) is 1.45. The van der Waals surface area contributed by atoms with Gasteiger partial charge in [-0.25, -0.2) is 4.39 Å². The second-order valence-corrected chi connectivity index (χ2v) is 8.94. The minimum Gasteiger partial charge on any atom is -0.494 e. The lowest BCUT2D eigenvalue weighted by atomic mass is 10.1. The smallest absolute Gasteiger partial charge is 0.233 e. The van der Waals surface area contributed by atoms with E-state index in [-0.39, 0.29) is 5.75 Å². The van der Waals surface area contributed by atoms with Crippen molar-refractivity contribution in [3.63, 3.8) is 0 Å². The Morgan fingerprint density at radius 1 is 0.970 bits per heavy atom. The zero-order chi connectivity index (χ0) is 22.9. The molecule has 3 N–H and O–H groups in total. The van der Waals surface area contributed by atoms with Crippen LogP contribution >= 0.6 is 0 Å². The minimum absolute atomic E-state index is 0.201. The van der Waals surface area contributed by atoms with Crippen molar-refractivity contribution in [2.24, 2.45) is 0 Å². The molecule has 2 aliphatic rings. The first-order valence-electron chi connectivity index (χ1n) is 12.3. The predicted octanol–water partition coefficient (Wildman–Crippen LogP) is 4.80. The molecule has 0 spiro atoms. The van der Waals surface area contributed by atoms with Gasteiger partial charge in [-0.2, -0.15) is 15.0 Å². The van der Waals surface area contributed by atoms with E-state index in [0.717, 1.165) is 32.4 Å². The van der Waals surface area contributed by atoms with E-state index in [1.165, 1.54) is 64.8 Å². The molecule has 4 rings (SSSR count). The predicted molar refractivity (Wildman–Crippen MR) is 130 cm³/mol. The van der Waals surface area contributed by atoms with Crippen molar-refractivity contribution >= 4 is 23.5 Å². The summed E-state index contributed by atoms with van der Waals surface area (Å²) in [6.07, 6.45) is 10.9. The Hall–Kier alpha value is -2.68. The Morgan fingerprint density at radius 2 is 1.70 bits per heavy atom. The first kappa shape index (κ1) is 23.5. The van der Waals surface area contributed by atoms with Crippen LogP contribution in [0.25, 0.3) is 0 Å². The molecule has 0 bridgehead atoms. The summed E-state index contributed by atoms with van der Waals surface area (Å²) < 4.78 is 19.2. The van der Waals surface area contributed by atoms with Crippen LogP contribution < -0.4 is 20.7 Å². The number of hydrogen-bond donors (Lipinski definition) is 3. The Balaban J connectivity index is 1.44. The van der Waals surface area contributed by atoms with Gasteiger partial charge in [0.2, 0.25) is 17.8 Å². The van der Waals surface area contributed by atoms with Crippen LogP contribution in [-0.2, 0) is 0 Å². The molecule has 1 saturated carbocycles. The van der Waals surface area contributed by atoms with E-state index in [1.54, 1.807) is 12.1 Å². The fourth-order valence-electron chi connectivity index (χ4n) is 4.56. The summed E-state index contributed by atoms with van der Waals surface area (Å²) in [6.45, 7) is 4.28. The molecule has 180 valence electrons. The van der Waals surface area contributed by atoms with Crippen molar-refractivity contribution in [3.05, 3.63) is 24.0 Å². The number of methoxy groups -OCH3 is 1. The second-order valence-electron chi connectivity index (χ2n) is 8.94. The summed E-state index contributed by atoms with van der Waals surface area (Å²) in [5, 5.41) is 9.97. The number of anilines is 4. The highest BCUT2D eigenvalue weighted by Crippen LogP contribution is 2.24. The van der Waals surface area contributed by atoms with Crippen molar-refractivity contribution in [1.82, 2.24) is 19.9 Å². The van der Waals surface area contributed by atoms with Gasteiger partial charge in [0.15, 0.2) is 11.6 Å². The van der Waals surface area contributed by atoms with Crippen LogP contribution in [0.1, 0.15) is 57.8 Å². The molecular formula is C24H36FN7O. The van der Waals surface area contributed by atoms with Gasteiger partial charge in [-0.3, -0.25) is 0 Å². The Labute approximate surface area is 195 Å². The van der Waals surface area contributed by atoms with Crippen molar-refractivity contribution in [1.29, 1.82) is 0 Å². The Kier molecular flexibility index (Phi) is 8.52. The molecule has 0 amide bonds. The maximum atomic E-state index is 14.1. The van der Waals surface area contributed by atoms with Gasteiger partial charge in [0.25, 0.3) is 0 Å². The number of benzene rings is 1. The Bertz CT molecular complexity index is 883. The maximum Gasteiger partial charge on any atom is 0.233 e. The minimum atomic E-state index is -0.436. The molecule has 1 aromatic heterocycles. The highest BCUT2D eigenvalue weighted by atomic mass is 19.1. The average Bonchev–Trinajstić information content (AvgIpc) is 3.20. The van der Waals surface area contributed by atoms with E-state index in [2.05, 4.69) is 35.8 Å². The molecule has 9 heteroatoms. The fourth-order valence-corrected chi connectivity index (χ4v) is 4.56. The number of nitrogens with one attached hydrogen (secondary N) is 3. The van der Waals surface area contributed by atoms with Gasteiger partial charge in [0.05, 0.1) is 7.11 Å². The SMILES string of the molecule is COc1ccc(Nc2nc(NCCCN3CCCC3)nc(NC3CCCCCC3)n2)cc1F. The van der Waals surface area contributed by atoms with Crippen molar-refractivity contribution < 1.29 is 9.13 Å². The third-order valence-corrected chi connectivity index (χ3v) is 6.36. The van der Waals surface area contributed by atoms with Crippen LogP contribution in [0.5, 0.6) is 5.75 Å². The van der Waals surface area contributed by atoms with Crippen LogP contribution in [0.15, 0.2) is 18.2 Å². The molecule has 2 aromatic rings. The zero-order valence-corrected chi connectivity index (χ0v) is 19.6. The molecule has 0 unspecified atom stereocenters. The molecular weight excluding hydrogens is 421 g/mol. The number of aromatic nitrogens is 3. The normalized spacial score (nSPS) is 17.5. The number of halogens is 1. The summed E-state index contributed by atoms with van der Waals surface area (Å²) in [5.41, 5.74) is 0.555. The molecule has 1 saturated heterocycles. The summed E-state index contributed by atoms with van der Waals surface area (Å²) in [4.78, 5) is 16.2. The maximum absolute atomic E-state index is 14.1. The van der Waals surface area contributed by atoms with Crippen molar-refractivity contribution in [2.45, 2.75) is 63.8 Å². The van der Waals surface area contributed by atoms with Gasteiger partial charge in [-0.05, 0) is 63.9 Å². The standard InChI is InChI=1S/C24H36FN7O/c1-33-21-12-11-19(17-20(21)25)28-24-30-22(26-13-8-16-32-14-6-7-15-32)29-23(31-24)27-18-9-4-2-3-5-10-18/h11-12,17-18H,2-10,13-16H2,1H3,(H3,26,27,28,29,30,31). The van der Waals surface area contributed by atoms with E-state index in [1.807, 2.05) is 0 Å². The third-order valence-electron chi connectivity index (χ3n) is 6.36. The first-order chi connectivity index (χ1) is 16.2. The molecule has 1 aliphatic carbocycles. The van der Waals surface area contributed by atoms with E-state index in [0.29, 0.717) is 29.6 Å². The van der Waals surface area contributed by atoms with Crippen LogP contribution in [0.4, 0.5) is 27.9 Å². The average molecular weight is 458 g/mol. The highest BCUT2D eigenvalue weighted by Gasteiger charge is 2.16. The fraction of sp³-hybridized carbons (Fsp3) is 0.625. The zero-order valence-electron chi connectivity index (χ0n) is 19.6. The van der Waals surface area contributed by atoms with Gasteiger partial charge in [0, 0.05) is 24.3 Å². The molecule has 1 aliphatic heterocycles. The van der Waals surface area contributed by atoms with Crippen molar-refractivity contribution in [2.75, 3.05) is 49.2 Å². The molecule has 2 heterocycles. The highest BCUT2D eigenvalue weighted by molar-refractivity contribution is 5.57. The van der Waals surface area contributed by atoms with Gasteiger partial charge >= 0.3 is 0 Å². The van der Waals surface area contributed by atoms with E-state index < -0.39 is 5.82 Å². The van der Waals surface area contributed by atoms with Gasteiger partial charge in [-0.1, -0.05) is 25.7 Å². The van der Waals surface area contributed by atoms with Crippen LogP contribution in [0.3, 0.4) is 0 Å². The van der Waals surface area contributed by atoms with E-state index in [9.17, 15) is 4.39 Å². The lowest BCUT2D eigenvalue weighted by Crippen LogP contribution is -2.23. The number of rotatable bonds is 10. The topological polar surface area (TPSA) is 87.2 Å². The van der Waals surface area contributed by atoms with Crippen LogP contribution in [0.2, 0.25) is 0 Å². The summed E-state index contributed by atoms with van der Waals surface area (Å²) >= 11 is 0. The molecule has 0 radical (unpaired) electrons.